The molecule has 1 aliphatic carbocycles. The Bertz CT molecular complexity index is 1090. The Balaban J connectivity index is 1.33. The molecule has 2 aromatic carbocycles. The average molecular weight is 519 g/mol. The van der Waals surface area contributed by atoms with Gasteiger partial charge >= 0.3 is 5.97 Å². The molecule has 2 fully saturated rings. The molecule has 35 heavy (non-hydrogen) atoms. The van der Waals surface area contributed by atoms with E-state index in [4.69, 9.17) is 32.7 Å². The number of halogens is 2. The number of hydrogen-bond acceptors (Lipinski definition) is 6. The number of ether oxygens (including phenoxy) is 2. The monoisotopic (exact) mass is 518 g/mol. The maximum atomic E-state index is 12.9. The first kappa shape index (κ1) is 25.0. The minimum Gasteiger partial charge on any atom is -0.494 e. The van der Waals surface area contributed by atoms with Crippen LogP contribution < -0.4 is 15.0 Å². The number of benzene rings is 2. The molecule has 1 aliphatic heterocycles. The third kappa shape index (κ3) is 5.44. The van der Waals surface area contributed by atoms with Crippen LogP contribution in [0, 0.1) is 11.8 Å². The van der Waals surface area contributed by atoms with Crippen LogP contribution in [0.4, 0.5) is 11.4 Å². The van der Waals surface area contributed by atoms with Gasteiger partial charge in [0.05, 0.1) is 40.4 Å². The van der Waals surface area contributed by atoms with Crippen LogP contribution in [0.1, 0.15) is 30.1 Å². The van der Waals surface area contributed by atoms with Gasteiger partial charge in [-0.05, 0) is 68.3 Å². The zero-order chi connectivity index (χ0) is 25.1. The number of carbonyl (C=O) groups excluding carboxylic acids is 4. The van der Waals surface area contributed by atoms with Crippen molar-refractivity contribution in [1.29, 1.82) is 0 Å². The Hall–Kier alpha value is -3.10. The van der Waals surface area contributed by atoms with Gasteiger partial charge in [-0.15, -0.1) is 23.2 Å². The highest BCUT2D eigenvalue weighted by atomic mass is 35.5. The Kier molecular flexibility index (Phi) is 7.62. The fourth-order valence-electron chi connectivity index (χ4n) is 4.31. The summed E-state index contributed by atoms with van der Waals surface area (Å²) in [4.78, 5) is 51.3. The van der Waals surface area contributed by atoms with Gasteiger partial charge in [-0.25, -0.2) is 4.79 Å². The van der Waals surface area contributed by atoms with Crippen LogP contribution in [0.2, 0.25) is 0 Å². The van der Waals surface area contributed by atoms with Crippen LogP contribution in [-0.4, -0.2) is 47.7 Å². The lowest BCUT2D eigenvalue weighted by Crippen LogP contribution is -2.34. The lowest BCUT2D eigenvalue weighted by Gasteiger charge is -2.28. The van der Waals surface area contributed by atoms with E-state index >= 15 is 0 Å². The Morgan fingerprint density at radius 2 is 1.51 bits per heavy atom. The van der Waals surface area contributed by atoms with Gasteiger partial charge in [0, 0.05) is 5.69 Å². The molecule has 3 amide bonds. The van der Waals surface area contributed by atoms with E-state index in [9.17, 15) is 19.2 Å². The molecule has 1 N–H and O–H groups in total. The Labute approximate surface area is 212 Å². The second-order valence-electron chi connectivity index (χ2n) is 8.36. The zero-order valence-corrected chi connectivity index (χ0v) is 20.4. The molecule has 2 aliphatic rings. The van der Waals surface area contributed by atoms with Crippen LogP contribution in [0.3, 0.4) is 0 Å². The van der Waals surface area contributed by atoms with Crippen molar-refractivity contribution in [3.8, 4) is 5.75 Å². The van der Waals surface area contributed by atoms with Crippen molar-refractivity contribution in [2.24, 2.45) is 11.8 Å². The van der Waals surface area contributed by atoms with Crippen molar-refractivity contribution in [1.82, 2.24) is 0 Å². The largest absolute Gasteiger partial charge is 0.494 e. The number of alkyl halides is 2. The van der Waals surface area contributed by atoms with Crippen molar-refractivity contribution in [2.75, 3.05) is 23.4 Å². The molecular weight excluding hydrogens is 495 g/mol. The summed E-state index contributed by atoms with van der Waals surface area (Å²) >= 11 is 12.4. The number of imide groups is 1. The molecule has 184 valence electrons. The number of anilines is 2. The fourth-order valence-corrected chi connectivity index (χ4v) is 4.90. The van der Waals surface area contributed by atoms with Crippen molar-refractivity contribution in [2.45, 2.75) is 30.5 Å². The van der Waals surface area contributed by atoms with E-state index in [0.717, 1.165) is 4.90 Å². The zero-order valence-electron chi connectivity index (χ0n) is 18.9. The van der Waals surface area contributed by atoms with E-state index in [1.54, 1.807) is 24.3 Å². The molecule has 1 saturated carbocycles. The minimum absolute atomic E-state index is 0.181. The smallest absolute Gasteiger partial charge is 0.338 e. The molecule has 4 atom stereocenters. The van der Waals surface area contributed by atoms with Crippen LogP contribution in [0.5, 0.6) is 5.75 Å². The number of nitrogens with one attached hydrogen (secondary N) is 1. The van der Waals surface area contributed by atoms with Gasteiger partial charge in [-0.2, -0.15) is 0 Å². The Morgan fingerprint density at radius 3 is 2.06 bits per heavy atom. The summed E-state index contributed by atoms with van der Waals surface area (Å²) in [6.45, 7) is 1.94. The first-order chi connectivity index (χ1) is 16.8. The molecule has 0 spiro atoms. The minimum atomic E-state index is -0.707. The predicted octanol–water partition coefficient (Wildman–Crippen LogP) is 4.00. The number of fused-ring (bicyclic) bond motifs is 1. The summed E-state index contributed by atoms with van der Waals surface area (Å²) in [6, 6.07) is 12.7. The number of esters is 1. The molecule has 0 bridgehead atoms. The molecule has 1 heterocycles. The molecule has 4 rings (SSSR count). The number of amides is 3. The van der Waals surface area contributed by atoms with Crippen molar-refractivity contribution in [3.05, 3.63) is 54.1 Å². The molecule has 0 aromatic heterocycles. The number of carbonyl (C=O) groups is 4. The van der Waals surface area contributed by atoms with Crippen molar-refractivity contribution in [3.63, 3.8) is 0 Å². The van der Waals surface area contributed by atoms with Crippen molar-refractivity contribution >= 4 is 58.3 Å². The maximum Gasteiger partial charge on any atom is 0.338 e. The van der Waals surface area contributed by atoms with Gasteiger partial charge in [-0.3, -0.25) is 19.3 Å². The molecule has 1 saturated heterocycles. The van der Waals surface area contributed by atoms with E-state index in [2.05, 4.69) is 5.32 Å². The number of rotatable bonds is 7. The molecule has 8 nitrogen and oxygen atoms in total. The van der Waals surface area contributed by atoms with Gasteiger partial charge in [0.25, 0.3) is 5.91 Å². The van der Waals surface area contributed by atoms with E-state index in [1.807, 2.05) is 6.92 Å². The second kappa shape index (κ2) is 10.7. The highest BCUT2D eigenvalue weighted by molar-refractivity contribution is 6.31. The standard InChI is InChI=1S/C25H24Cl2N2O6/c1-2-34-17-9-5-15(6-10-17)28-22(30)13-35-25(33)14-3-7-16(8-4-14)29-23(31)18-11-20(26)21(27)12-19(18)24(29)32/h3-10,18-21H,2,11-13H2,1H3,(H,28,30)/t18-,19-,20+,21+/m1/s1. The van der Waals surface area contributed by atoms with Gasteiger partial charge in [0.15, 0.2) is 6.61 Å². The van der Waals surface area contributed by atoms with E-state index in [1.165, 1.54) is 24.3 Å². The summed E-state index contributed by atoms with van der Waals surface area (Å²) in [5, 5.41) is 1.91. The summed E-state index contributed by atoms with van der Waals surface area (Å²) in [6.07, 6.45) is 0.704. The van der Waals surface area contributed by atoms with Gasteiger partial charge in [0.1, 0.15) is 5.75 Å². The lowest BCUT2D eigenvalue weighted by atomic mass is 9.80. The molecule has 0 unspecified atom stereocenters. The quantitative estimate of drug-likeness (QED) is 0.337. The summed E-state index contributed by atoms with van der Waals surface area (Å²) < 4.78 is 10.4. The SMILES string of the molecule is CCOc1ccc(NC(=O)COC(=O)c2ccc(N3C(=O)[C@@H]4C[C@H](Cl)[C@@H](Cl)C[C@H]4C3=O)cc2)cc1. The average Bonchev–Trinajstić information content (AvgIpc) is 3.08. The molecule has 10 heteroatoms. The van der Waals surface area contributed by atoms with Gasteiger partial charge in [-0.1, -0.05) is 0 Å². The van der Waals surface area contributed by atoms with Crippen molar-refractivity contribution < 1.29 is 28.7 Å². The summed E-state index contributed by atoms with van der Waals surface area (Å²) in [5.74, 6) is -2.11. The van der Waals surface area contributed by atoms with Crippen LogP contribution in [0.25, 0.3) is 0 Å². The second-order valence-corrected chi connectivity index (χ2v) is 9.48. The van der Waals surface area contributed by atoms with E-state index in [-0.39, 0.29) is 28.1 Å². The van der Waals surface area contributed by atoms with Gasteiger partial charge in [0.2, 0.25) is 11.8 Å². The number of nitrogens with zero attached hydrogens (tertiary/aromatic N) is 1. The Morgan fingerprint density at radius 1 is 0.943 bits per heavy atom. The first-order valence-electron chi connectivity index (χ1n) is 11.2. The topological polar surface area (TPSA) is 102 Å². The van der Waals surface area contributed by atoms with Crippen LogP contribution in [0.15, 0.2) is 48.5 Å². The third-order valence-corrected chi connectivity index (χ3v) is 7.15. The molecule has 0 radical (unpaired) electrons. The fraction of sp³-hybridized carbons (Fsp3) is 0.360. The highest BCUT2D eigenvalue weighted by Gasteiger charge is 2.52. The number of hydrogen-bond donors (Lipinski definition) is 1. The van der Waals surface area contributed by atoms with E-state index < -0.39 is 30.3 Å². The van der Waals surface area contributed by atoms with E-state index in [0.29, 0.717) is 36.6 Å². The summed E-state index contributed by atoms with van der Waals surface area (Å²) in [5.41, 5.74) is 1.08. The highest BCUT2D eigenvalue weighted by Crippen LogP contribution is 2.43. The third-order valence-electron chi connectivity index (χ3n) is 6.06. The normalized spacial score (nSPS) is 23.6. The molecule has 2 aromatic rings. The lowest BCUT2D eigenvalue weighted by molar-refractivity contribution is -0.122. The van der Waals surface area contributed by atoms with Crippen LogP contribution >= 0.6 is 23.2 Å². The molecular formula is C25H24Cl2N2O6. The van der Waals surface area contributed by atoms with Crippen LogP contribution in [-0.2, 0) is 19.1 Å². The predicted molar refractivity (Wildman–Crippen MR) is 131 cm³/mol. The maximum absolute atomic E-state index is 12.9. The van der Waals surface area contributed by atoms with Gasteiger partial charge < -0.3 is 14.8 Å². The summed E-state index contributed by atoms with van der Waals surface area (Å²) in [7, 11) is 0. The first-order valence-corrected chi connectivity index (χ1v) is 12.1.